The number of H-pyrrole nitrogens is 2. The van der Waals surface area contributed by atoms with Crippen molar-refractivity contribution in [2.75, 3.05) is 4.90 Å². The molecule has 152 valence electrons. The van der Waals surface area contributed by atoms with E-state index in [1.807, 2.05) is 49.4 Å². The highest BCUT2D eigenvalue weighted by atomic mass is 16.2. The second-order valence-corrected chi connectivity index (χ2v) is 7.38. The van der Waals surface area contributed by atoms with Crippen molar-refractivity contribution >= 4 is 34.5 Å². The van der Waals surface area contributed by atoms with E-state index >= 15 is 0 Å². The van der Waals surface area contributed by atoms with Gasteiger partial charge in [0.25, 0.3) is 11.8 Å². The molecule has 2 aromatic carbocycles. The summed E-state index contributed by atoms with van der Waals surface area (Å²) in [5, 5.41) is 0. The van der Waals surface area contributed by atoms with Gasteiger partial charge < -0.3 is 15.7 Å². The van der Waals surface area contributed by atoms with E-state index < -0.39 is 11.8 Å². The smallest absolute Gasteiger partial charge is 0.286 e. The maximum Gasteiger partial charge on any atom is 0.286 e. The molecule has 30 heavy (non-hydrogen) atoms. The zero-order valence-corrected chi connectivity index (χ0v) is 16.9. The van der Waals surface area contributed by atoms with E-state index in [0.29, 0.717) is 11.6 Å². The number of imidazole rings is 2. The number of aryl methyl sites for hydroxylation is 1. The number of primary amides is 1. The molecule has 0 unspecified atom stereocenters. The molecule has 2 heterocycles. The topological polar surface area (TPSA) is 121 Å². The number of nitrogens with zero attached hydrogens (tertiary/aromatic N) is 3. The van der Waals surface area contributed by atoms with E-state index in [0.717, 1.165) is 22.2 Å². The molecule has 0 bridgehead atoms. The van der Waals surface area contributed by atoms with Crippen LogP contribution >= 0.6 is 0 Å². The molecular formula is C22H22N6O2. The van der Waals surface area contributed by atoms with Gasteiger partial charge in [-0.05, 0) is 36.1 Å². The van der Waals surface area contributed by atoms with Crippen molar-refractivity contribution in [2.45, 2.75) is 26.7 Å². The molecule has 4 aromatic rings. The molecule has 4 rings (SSSR count). The van der Waals surface area contributed by atoms with Crippen molar-refractivity contribution in [1.82, 2.24) is 19.9 Å². The van der Waals surface area contributed by atoms with Crippen molar-refractivity contribution in [1.29, 1.82) is 0 Å². The Morgan fingerprint density at radius 1 is 1.10 bits per heavy atom. The number of aromatic amines is 2. The first-order valence-corrected chi connectivity index (χ1v) is 9.60. The minimum atomic E-state index is -0.755. The SMILES string of the molecule is Cc1cccc(C(C)C)c1N(C(=O)c1nc[nH]c1C(N)=O)c1nc2ccccc2[nH]1. The minimum Gasteiger partial charge on any atom is -0.364 e. The van der Waals surface area contributed by atoms with Crippen LogP contribution < -0.4 is 10.6 Å². The van der Waals surface area contributed by atoms with Gasteiger partial charge in [0.2, 0.25) is 5.95 Å². The van der Waals surface area contributed by atoms with Gasteiger partial charge >= 0.3 is 0 Å². The number of rotatable bonds is 5. The molecular weight excluding hydrogens is 380 g/mol. The molecule has 0 radical (unpaired) electrons. The highest BCUT2D eigenvalue weighted by Gasteiger charge is 2.31. The molecule has 0 saturated heterocycles. The molecule has 8 heteroatoms. The second-order valence-electron chi connectivity index (χ2n) is 7.38. The lowest BCUT2D eigenvalue weighted by molar-refractivity contribution is 0.0961. The van der Waals surface area contributed by atoms with Crippen molar-refractivity contribution in [3.05, 3.63) is 71.3 Å². The van der Waals surface area contributed by atoms with Crippen molar-refractivity contribution in [2.24, 2.45) is 5.73 Å². The standard InChI is InChI=1S/C22H22N6O2/c1-12(2)14-8-6-7-13(3)19(14)28(21(30)18-17(20(23)29)24-11-25-18)22-26-15-9-4-5-10-16(15)27-22/h4-12H,1-3H3,(H2,23,29)(H,24,25)(H,26,27). The quantitative estimate of drug-likeness (QED) is 0.470. The Morgan fingerprint density at radius 2 is 1.87 bits per heavy atom. The van der Waals surface area contributed by atoms with Gasteiger partial charge in [0, 0.05) is 0 Å². The maximum absolute atomic E-state index is 13.7. The predicted octanol–water partition coefficient (Wildman–Crippen LogP) is 3.80. The van der Waals surface area contributed by atoms with Gasteiger partial charge in [-0.3, -0.25) is 9.59 Å². The Bertz CT molecular complexity index is 1220. The van der Waals surface area contributed by atoms with E-state index in [-0.39, 0.29) is 17.3 Å². The lowest BCUT2D eigenvalue weighted by atomic mass is 9.97. The number of para-hydroxylation sites is 3. The number of hydrogen-bond acceptors (Lipinski definition) is 4. The number of nitrogens with one attached hydrogen (secondary N) is 2. The third kappa shape index (κ3) is 3.22. The van der Waals surface area contributed by atoms with Crippen molar-refractivity contribution < 1.29 is 9.59 Å². The van der Waals surface area contributed by atoms with Gasteiger partial charge in [-0.2, -0.15) is 0 Å². The molecule has 2 amide bonds. The summed E-state index contributed by atoms with van der Waals surface area (Å²) < 4.78 is 0. The maximum atomic E-state index is 13.7. The first-order valence-electron chi connectivity index (χ1n) is 9.60. The summed E-state index contributed by atoms with van der Waals surface area (Å²) >= 11 is 0. The number of benzene rings is 2. The summed E-state index contributed by atoms with van der Waals surface area (Å²) in [5.41, 5.74) is 9.43. The van der Waals surface area contributed by atoms with Gasteiger partial charge in [-0.1, -0.05) is 44.2 Å². The van der Waals surface area contributed by atoms with Crippen LogP contribution in [0.3, 0.4) is 0 Å². The van der Waals surface area contributed by atoms with Crippen molar-refractivity contribution in [3.63, 3.8) is 0 Å². The fourth-order valence-electron chi connectivity index (χ4n) is 3.55. The summed E-state index contributed by atoms with van der Waals surface area (Å²) in [7, 11) is 0. The van der Waals surface area contributed by atoms with Crippen molar-refractivity contribution in [3.8, 4) is 0 Å². The van der Waals surface area contributed by atoms with Crippen LogP contribution in [0.15, 0.2) is 48.8 Å². The van der Waals surface area contributed by atoms with Crippen LogP contribution in [-0.4, -0.2) is 31.8 Å². The Balaban J connectivity index is 1.98. The summed E-state index contributed by atoms with van der Waals surface area (Å²) in [6, 6.07) is 13.4. The average molecular weight is 402 g/mol. The monoisotopic (exact) mass is 402 g/mol. The van der Waals surface area contributed by atoms with Crippen LogP contribution in [0.25, 0.3) is 11.0 Å². The molecule has 0 spiro atoms. The van der Waals surface area contributed by atoms with Crippen LogP contribution in [0.1, 0.15) is 51.9 Å². The number of carbonyl (C=O) groups is 2. The highest BCUT2D eigenvalue weighted by molar-refractivity contribution is 6.14. The van der Waals surface area contributed by atoms with Crippen LogP contribution in [0.5, 0.6) is 0 Å². The molecule has 8 nitrogen and oxygen atoms in total. The number of amides is 2. The third-order valence-corrected chi connectivity index (χ3v) is 4.99. The minimum absolute atomic E-state index is 0.0409. The third-order valence-electron chi connectivity index (χ3n) is 4.99. The second kappa shape index (κ2) is 7.47. The first kappa shape index (κ1) is 19.4. The van der Waals surface area contributed by atoms with Crippen LogP contribution in [0.2, 0.25) is 0 Å². The van der Waals surface area contributed by atoms with Gasteiger partial charge in [0.15, 0.2) is 5.69 Å². The Labute approximate surface area is 173 Å². The lowest BCUT2D eigenvalue weighted by Gasteiger charge is -2.26. The molecule has 0 aliphatic rings. The number of carbonyl (C=O) groups excluding carboxylic acids is 2. The number of nitrogens with two attached hydrogens (primary N) is 1. The fourth-order valence-corrected chi connectivity index (χ4v) is 3.55. The Morgan fingerprint density at radius 3 is 2.57 bits per heavy atom. The normalized spacial score (nSPS) is 11.2. The van der Waals surface area contributed by atoms with Crippen LogP contribution in [-0.2, 0) is 0 Å². The van der Waals surface area contributed by atoms with E-state index in [4.69, 9.17) is 5.73 Å². The lowest BCUT2D eigenvalue weighted by Crippen LogP contribution is -2.31. The van der Waals surface area contributed by atoms with Crippen LogP contribution in [0.4, 0.5) is 11.6 Å². The average Bonchev–Trinajstić information content (AvgIpc) is 3.36. The largest absolute Gasteiger partial charge is 0.364 e. The molecule has 4 N–H and O–H groups in total. The molecule has 2 aromatic heterocycles. The zero-order chi connectivity index (χ0) is 21.4. The first-order chi connectivity index (χ1) is 14.4. The summed E-state index contributed by atoms with van der Waals surface area (Å²) in [4.78, 5) is 41.6. The van der Waals surface area contributed by atoms with Gasteiger partial charge in [-0.15, -0.1) is 0 Å². The number of fused-ring (bicyclic) bond motifs is 1. The number of anilines is 2. The van der Waals surface area contributed by atoms with Gasteiger partial charge in [-0.25, -0.2) is 14.9 Å². The van der Waals surface area contributed by atoms with E-state index in [1.54, 1.807) is 0 Å². The molecule has 0 atom stereocenters. The highest BCUT2D eigenvalue weighted by Crippen LogP contribution is 2.36. The van der Waals surface area contributed by atoms with Gasteiger partial charge in [0.1, 0.15) is 5.69 Å². The molecule has 0 aliphatic heterocycles. The Hall–Kier alpha value is -3.94. The predicted molar refractivity (Wildman–Crippen MR) is 115 cm³/mol. The molecule has 0 saturated carbocycles. The van der Waals surface area contributed by atoms with E-state index in [1.165, 1.54) is 11.2 Å². The zero-order valence-electron chi connectivity index (χ0n) is 16.9. The van der Waals surface area contributed by atoms with E-state index in [2.05, 4.69) is 33.8 Å². The molecule has 0 fully saturated rings. The summed E-state index contributed by atoms with van der Waals surface area (Å²) in [6.07, 6.45) is 1.28. The number of hydrogen-bond donors (Lipinski definition) is 3. The summed E-state index contributed by atoms with van der Waals surface area (Å²) in [6.45, 7) is 6.05. The van der Waals surface area contributed by atoms with E-state index in [9.17, 15) is 9.59 Å². The van der Waals surface area contributed by atoms with Crippen LogP contribution in [0, 0.1) is 6.92 Å². The number of aromatic nitrogens is 4. The molecule has 0 aliphatic carbocycles. The summed E-state index contributed by atoms with van der Waals surface area (Å²) in [5.74, 6) is -0.764. The van der Waals surface area contributed by atoms with Gasteiger partial charge in [0.05, 0.1) is 23.0 Å². The fraction of sp³-hybridized carbons (Fsp3) is 0.182. The Kier molecular flexibility index (Phi) is 4.83.